The van der Waals surface area contributed by atoms with Crippen molar-refractivity contribution in [2.75, 3.05) is 13.1 Å². The van der Waals surface area contributed by atoms with E-state index in [1.54, 1.807) is 5.57 Å². The summed E-state index contributed by atoms with van der Waals surface area (Å²) >= 11 is 0. The summed E-state index contributed by atoms with van der Waals surface area (Å²) in [6, 6.07) is 9.55. The monoisotopic (exact) mass is 307 g/mol. The van der Waals surface area contributed by atoms with Gasteiger partial charge < -0.3 is 9.47 Å². The maximum absolute atomic E-state index is 4.72. The van der Waals surface area contributed by atoms with E-state index in [1.165, 1.54) is 35.6 Å². The molecule has 0 atom stereocenters. The van der Waals surface area contributed by atoms with Crippen LogP contribution in [0, 0.1) is 0 Å². The van der Waals surface area contributed by atoms with Crippen LogP contribution < -0.4 is 0 Å². The van der Waals surface area contributed by atoms with Crippen LogP contribution in [0.3, 0.4) is 0 Å². The van der Waals surface area contributed by atoms with E-state index in [9.17, 15) is 0 Å². The van der Waals surface area contributed by atoms with Crippen LogP contribution in [0.5, 0.6) is 0 Å². The zero-order chi connectivity index (χ0) is 15.8. The highest BCUT2D eigenvalue weighted by Crippen LogP contribution is 2.35. The third-order valence-corrected chi connectivity index (χ3v) is 5.33. The maximum Gasteiger partial charge on any atom is 0.140 e. The van der Waals surface area contributed by atoms with Crippen molar-refractivity contribution in [3.05, 3.63) is 59.2 Å². The normalized spacial score (nSPS) is 18.7. The number of aryl methyl sites for hydroxylation is 2. The number of fused-ring (bicyclic) bond motifs is 2. The van der Waals surface area contributed by atoms with Crippen LogP contribution in [0.4, 0.5) is 0 Å². The zero-order valence-corrected chi connectivity index (χ0v) is 14.1. The average Bonchev–Trinajstić information content (AvgIpc) is 2.97. The summed E-state index contributed by atoms with van der Waals surface area (Å²) < 4.78 is 2.33. The van der Waals surface area contributed by atoms with Gasteiger partial charge in [0.25, 0.3) is 0 Å². The van der Waals surface area contributed by atoms with Gasteiger partial charge in [0.15, 0.2) is 0 Å². The fourth-order valence-corrected chi connectivity index (χ4v) is 3.97. The first-order valence-corrected chi connectivity index (χ1v) is 8.80. The molecule has 23 heavy (non-hydrogen) atoms. The summed E-state index contributed by atoms with van der Waals surface area (Å²) in [4.78, 5) is 7.30. The minimum Gasteiger partial charge on any atom is -0.331 e. The Hall–Kier alpha value is -1.87. The second-order valence-electron chi connectivity index (χ2n) is 6.96. The Labute approximate surface area is 138 Å². The van der Waals surface area contributed by atoms with Crippen LogP contribution in [0.15, 0.2) is 42.2 Å². The van der Waals surface area contributed by atoms with Crippen LogP contribution in [-0.2, 0) is 13.0 Å². The van der Waals surface area contributed by atoms with Gasteiger partial charge in [-0.25, -0.2) is 4.98 Å². The molecule has 2 aliphatic heterocycles. The quantitative estimate of drug-likeness (QED) is 0.800. The molecule has 1 fully saturated rings. The minimum atomic E-state index is 0.643. The third-order valence-electron chi connectivity index (χ3n) is 5.33. The molecule has 1 saturated heterocycles. The van der Waals surface area contributed by atoms with Gasteiger partial charge >= 0.3 is 0 Å². The number of hydrogen-bond acceptors (Lipinski definition) is 2. The fourth-order valence-electron chi connectivity index (χ4n) is 3.97. The first-order chi connectivity index (χ1) is 11.2. The predicted octanol–water partition coefficient (Wildman–Crippen LogP) is 3.75. The predicted molar refractivity (Wildman–Crippen MR) is 94.3 cm³/mol. The highest BCUT2D eigenvalue weighted by atomic mass is 15.1. The Morgan fingerprint density at radius 2 is 1.78 bits per heavy atom. The van der Waals surface area contributed by atoms with Gasteiger partial charge in [-0.1, -0.05) is 29.8 Å². The lowest BCUT2D eigenvalue weighted by molar-refractivity contribution is 0.207. The van der Waals surface area contributed by atoms with E-state index < -0.39 is 0 Å². The van der Waals surface area contributed by atoms with Crippen molar-refractivity contribution < 1.29 is 0 Å². The zero-order valence-electron chi connectivity index (χ0n) is 14.1. The number of piperidine rings is 1. The van der Waals surface area contributed by atoms with Crippen LogP contribution in [0.1, 0.15) is 43.6 Å². The number of aromatic nitrogens is 2. The average molecular weight is 307 g/mol. The highest BCUT2D eigenvalue weighted by Gasteiger charge is 2.25. The molecule has 0 radical (unpaired) electrons. The summed E-state index contributed by atoms with van der Waals surface area (Å²) in [5.74, 6) is 1.17. The molecule has 0 bridgehead atoms. The molecule has 0 amide bonds. The third kappa shape index (κ3) is 2.63. The van der Waals surface area contributed by atoms with Gasteiger partial charge in [0, 0.05) is 43.6 Å². The lowest BCUT2D eigenvalue weighted by Crippen LogP contribution is -2.36. The van der Waals surface area contributed by atoms with Gasteiger partial charge in [-0.05, 0) is 44.2 Å². The lowest BCUT2D eigenvalue weighted by Gasteiger charge is -2.32. The van der Waals surface area contributed by atoms with E-state index in [2.05, 4.69) is 53.8 Å². The number of nitrogens with zero attached hydrogens (tertiary/aromatic N) is 3. The molecule has 2 aliphatic rings. The molecule has 3 nitrogen and oxygen atoms in total. The van der Waals surface area contributed by atoms with Crippen LogP contribution >= 0.6 is 0 Å². The number of benzene rings is 1. The standard InChI is InChI=1S/C20H25N3/c1-15(2)22-11-8-17(9-12-22)19-18-6-4-3-5-16(18)7-13-23-14-10-21-20(19)23/h3-6,10,14-15H,7-9,11-13H2,1-2H3. The summed E-state index contributed by atoms with van der Waals surface area (Å²) in [6.07, 6.45) is 7.50. The van der Waals surface area contributed by atoms with Gasteiger partial charge in [-0.15, -0.1) is 0 Å². The summed E-state index contributed by atoms with van der Waals surface area (Å²) in [7, 11) is 0. The minimum absolute atomic E-state index is 0.643. The fraction of sp³-hybridized carbons (Fsp3) is 0.450. The molecule has 0 spiro atoms. The summed E-state index contributed by atoms with van der Waals surface area (Å²) in [6.45, 7) is 7.96. The second-order valence-corrected chi connectivity index (χ2v) is 6.96. The number of hydrogen-bond donors (Lipinski definition) is 0. The second kappa shape index (κ2) is 5.97. The van der Waals surface area contributed by atoms with Crippen LogP contribution in [-0.4, -0.2) is 33.6 Å². The van der Waals surface area contributed by atoms with Crippen molar-refractivity contribution in [1.82, 2.24) is 14.5 Å². The van der Waals surface area contributed by atoms with E-state index >= 15 is 0 Å². The van der Waals surface area contributed by atoms with Crippen molar-refractivity contribution in [2.45, 2.75) is 45.7 Å². The van der Waals surface area contributed by atoms with Crippen LogP contribution in [0.2, 0.25) is 0 Å². The first kappa shape index (κ1) is 14.7. The van der Waals surface area contributed by atoms with Gasteiger partial charge in [-0.3, -0.25) is 0 Å². The Morgan fingerprint density at radius 3 is 2.57 bits per heavy atom. The molecule has 2 aromatic rings. The Morgan fingerprint density at radius 1 is 1.00 bits per heavy atom. The topological polar surface area (TPSA) is 21.1 Å². The molecule has 120 valence electrons. The molecule has 3 heteroatoms. The van der Waals surface area contributed by atoms with Crippen molar-refractivity contribution >= 4 is 5.57 Å². The van der Waals surface area contributed by atoms with Crippen molar-refractivity contribution in [1.29, 1.82) is 0 Å². The van der Waals surface area contributed by atoms with Gasteiger partial charge in [0.2, 0.25) is 0 Å². The molecule has 0 N–H and O–H groups in total. The van der Waals surface area contributed by atoms with E-state index in [0.717, 1.165) is 25.8 Å². The smallest absolute Gasteiger partial charge is 0.140 e. The van der Waals surface area contributed by atoms with Gasteiger partial charge in [-0.2, -0.15) is 0 Å². The molecule has 1 aromatic heterocycles. The molecular weight excluding hydrogens is 282 g/mol. The van der Waals surface area contributed by atoms with Crippen molar-refractivity contribution in [3.63, 3.8) is 0 Å². The highest BCUT2D eigenvalue weighted by molar-refractivity contribution is 5.81. The van der Waals surface area contributed by atoms with Gasteiger partial charge in [0.1, 0.15) is 5.82 Å². The molecule has 3 heterocycles. The molecular formula is C20H25N3. The maximum atomic E-state index is 4.72. The van der Waals surface area contributed by atoms with Crippen molar-refractivity contribution in [2.24, 2.45) is 0 Å². The van der Waals surface area contributed by atoms with Gasteiger partial charge in [0.05, 0.1) is 0 Å². The largest absolute Gasteiger partial charge is 0.331 e. The van der Waals surface area contributed by atoms with Crippen LogP contribution in [0.25, 0.3) is 5.57 Å². The summed E-state index contributed by atoms with van der Waals surface area (Å²) in [5.41, 5.74) is 5.87. The first-order valence-electron chi connectivity index (χ1n) is 8.80. The number of likely N-dealkylation sites (tertiary alicyclic amines) is 1. The summed E-state index contributed by atoms with van der Waals surface area (Å²) in [5, 5.41) is 0. The van der Waals surface area contributed by atoms with E-state index in [0.29, 0.717) is 6.04 Å². The molecule has 4 rings (SSSR count). The van der Waals surface area contributed by atoms with E-state index in [-0.39, 0.29) is 0 Å². The van der Waals surface area contributed by atoms with E-state index in [4.69, 9.17) is 4.98 Å². The lowest BCUT2D eigenvalue weighted by atomic mass is 9.89. The number of imidazole rings is 1. The molecule has 0 saturated carbocycles. The van der Waals surface area contributed by atoms with Crippen molar-refractivity contribution in [3.8, 4) is 0 Å². The molecule has 0 unspecified atom stereocenters. The SMILES string of the molecule is CC(C)N1CCC(=C2c3ccccc3CCn3ccnc32)CC1. The van der Waals surface area contributed by atoms with E-state index in [1.807, 2.05) is 6.20 Å². The molecule has 0 aliphatic carbocycles. The Balaban J connectivity index is 1.81. The molecule has 1 aromatic carbocycles. The number of rotatable bonds is 1. The Kier molecular flexibility index (Phi) is 3.82. The Bertz CT molecular complexity index is 729.